The number of nitrogens with zero attached hydrogens (tertiary/aromatic N) is 24. The van der Waals surface area contributed by atoms with Gasteiger partial charge in [-0.15, -0.1) is 15.3 Å². The predicted octanol–water partition coefficient (Wildman–Crippen LogP) is 4.93. The Morgan fingerprint density at radius 2 is 0.788 bits per heavy atom. The van der Waals surface area contributed by atoms with E-state index in [9.17, 15) is 29.4 Å². The zero-order chi connectivity index (χ0) is 69.9. The number of carbonyl (C=O) groups excluding carboxylic acids is 4. The Balaban J connectivity index is 0.000000131. The molecule has 12 aromatic rings. The summed E-state index contributed by atoms with van der Waals surface area (Å²) >= 11 is 0. The summed E-state index contributed by atoms with van der Waals surface area (Å²) in [6, 6.07) is 33.1. The van der Waals surface area contributed by atoms with Crippen molar-refractivity contribution in [3.05, 3.63) is 197 Å². The van der Waals surface area contributed by atoms with Crippen LogP contribution < -0.4 is 33.6 Å². The summed E-state index contributed by atoms with van der Waals surface area (Å²) in [5.41, 5.74) is 12.5. The van der Waals surface area contributed by atoms with E-state index in [2.05, 4.69) is 83.9 Å². The number of aliphatic hydroxyl groups excluding tert-OH is 2. The van der Waals surface area contributed by atoms with Gasteiger partial charge in [-0.05, 0) is 180 Å². The molecule has 0 spiro atoms. The summed E-state index contributed by atoms with van der Waals surface area (Å²) < 4.78 is 15.6. The maximum absolute atomic E-state index is 13.4. The van der Waals surface area contributed by atoms with Crippen LogP contribution in [0.25, 0.3) is 51.6 Å². The first-order valence-corrected chi connectivity index (χ1v) is 33.8. The van der Waals surface area contributed by atoms with Crippen LogP contribution >= 0.6 is 0 Å². The first kappa shape index (κ1) is 69.4. The molecule has 9 aromatic heterocycles. The van der Waals surface area contributed by atoms with Crippen LogP contribution in [0.15, 0.2) is 147 Å². The molecule has 3 atom stereocenters. The molecule has 3 fully saturated rings. The van der Waals surface area contributed by atoms with Crippen LogP contribution in [-0.2, 0) is 29.2 Å². The average Bonchev–Trinajstić information content (AvgIpc) is 1.63. The Morgan fingerprint density at radius 1 is 0.471 bits per heavy atom. The number of ether oxygens (including phenoxy) is 1. The Kier molecular flexibility index (Phi) is 19.3. The van der Waals surface area contributed by atoms with E-state index in [0.29, 0.717) is 106 Å². The third-order valence-corrected chi connectivity index (χ3v) is 18.9. The van der Waals surface area contributed by atoms with E-state index in [-0.39, 0.29) is 86.0 Å². The van der Waals surface area contributed by atoms with Crippen LogP contribution in [0.4, 0.5) is 17.5 Å². The normalized spacial score (nSPS) is 15.8. The van der Waals surface area contributed by atoms with Crippen molar-refractivity contribution in [1.82, 2.24) is 104 Å². The zero-order valence-corrected chi connectivity index (χ0v) is 57.4. The number of imidazole rings is 3. The number of aromatic nitrogens is 21. The van der Waals surface area contributed by atoms with Gasteiger partial charge in [0.05, 0.1) is 87.0 Å². The first-order chi connectivity index (χ1) is 49.7. The Labute approximate surface area is 605 Å². The maximum atomic E-state index is 13.4. The molecule has 3 amide bonds. The molecular weight excluding hydrogens is 1320 g/mol. The minimum Gasteiger partial charge on any atom is -0.870 e. The number of amides is 3. The smallest absolute Gasteiger partial charge is 0.870 e. The number of esters is 1. The van der Waals surface area contributed by atoms with Crippen LogP contribution in [0.3, 0.4) is 0 Å². The van der Waals surface area contributed by atoms with Crippen molar-refractivity contribution in [3.63, 3.8) is 0 Å². The van der Waals surface area contributed by atoms with E-state index < -0.39 is 0 Å². The molecule has 3 aromatic carbocycles. The monoisotopic (exact) mass is 1390 g/mol. The standard InChI is InChI=1S/C25H24N8O3.2C23H22N8O2.Li.H2O/c1-15(13-36-16(2)34)33-24(28-29-30-33)21-4-3-5-23(27-21)32-11-18-8-9-19(10-20(18)25(32)35)31-12-22(26-14-31)17-6-7-17;2*1-14(12-32)31-22(26-27-28-31)19-3-2-4-21(25-19)30-10-16-7-8-17(9-18(16)23(30)33)29-11-20(24-13-29)15-5-6-15;;/h3-5,8-10,12,14-15,17H,6-7,11,13H2,1-2H3;2*2-4,7-9,11,13-15,32H,5-6,10,12H2,1H3;;1H2/q;;;+1;/p-1/t15-;2*14-;;/m111../s1. The average molecular weight is 1390 g/mol. The van der Waals surface area contributed by atoms with E-state index in [1.54, 1.807) is 55.8 Å². The number of anilines is 3. The molecule has 0 unspecified atom stereocenters. The van der Waals surface area contributed by atoms with Crippen molar-refractivity contribution in [1.29, 1.82) is 0 Å². The van der Waals surface area contributed by atoms with Crippen LogP contribution in [-0.4, -0.2) is 163 Å². The SMILES string of the molecule is CC(=O)OC[C@@H](C)n1nnnc1-c1cccc(N2Cc3ccc(-n4cnc(C5CC5)c4)cc3C2=O)n1.C[C@H](CO)n1nnnc1-c1cccc(N2Cc3ccc(-n4cnc(C5CC5)c4)cc3C2=O)n1.C[C@H](CO)n1nnnc1-c1cccc(N2Cc3ccc(-n4cnc(C5CC5)c4)cc3C2=O)n1.[Li+].[OH-]. The molecule has 3 N–H and O–H groups in total. The third kappa shape index (κ3) is 13.8. The molecule has 0 bridgehead atoms. The van der Waals surface area contributed by atoms with Gasteiger partial charge in [-0.25, -0.2) is 43.9 Å². The van der Waals surface area contributed by atoms with Crippen LogP contribution in [0.1, 0.15) is 167 Å². The summed E-state index contributed by atoms with van der Waals surface area (Å²) in [4.78, 5) is 83.7. The molecule has 12 heterocycles. The predicted molar refractivity (Wildman–Crippen MR) is 368 cm³/mol. The van der Waals surface area contributed by atoms with Gasteiger partial charge in [-0.1, -0.05) is 36.4 Å². The third-order valence-electron chi connectivity index (χ3n) is 18.9. The van der Waals surface area contributed by atoms with Gasteiger partial charge in [-0.3, -0.25) is 33.9 Å². The molecule has 18 rings (SSSR count). The molecule has 33 heteroatoms. The number of rotatable bonds is 19. The molecule has 32 nitrogen and oxygen atoms in total. The number of pyridine rings is 3. The van der Waals surface area contributed by atoms with E-state index in [1.165, 1.54) is 54.8 Å². The fraction of sp³-hybridized carbons (Fsp3) is 0.310. The molecular formula is C71H69LiN24O8. The second kappa shape index (κ2) is 29.0. The van der Waals surface area contributed by atoms with Crippen molar-refractivity contribution >= 4 is 41.1 Å². The molecule has 3 saturated carbocycles. The number of fused-ring (bicyclic) bond motifs is 3. The number of hydrogen-bond acceptors (Lipinski definition) is 23. The van der Waals surface area contributed by atoms with Crippen LogP contribution in [0.2, 0.25) is 0 Å². The van der Waals surface area contributed by atoms with Gasteiger partial charge < -0.3 is 34.1 Å². The van der Waals surface area contributed by atoms with Gasteiger partial charge in [0.15, 0.2) is 0 Å². The quantitative estimate of drug-likeness (QED) is 0.0800. The van der Waals surface area contributed by atoms with Gasteiger partial charge in [0, 0.05) is 77.0 Å². The second-order valence-electron chi connectivity index (χ2n) is 26.3. The molecule has 3 aliphatic heterocycles. The van der Waals surface area contributed by atoms with E-state index in [4.69, 9.17) is 9.72 Å². The number of hydrogen-bond donors (Lipinski definition) is 2. The maximum Gasteiger partial charge on any atom is 1.00 e. The minimum atomic E-state index is -0.372. The second-order valence-corrected chi connectivity index (χ2v) is 26.3. The summed E-state index contributed by atoms with van der Waals surface area (Å²) in [6.45, 7) is 8.08. The minimum absolute atomic E-state index is 0. The summed E-state index contributed by atoms with van der Waals surface area (Å²) in [5, 5.41) is 54.4. The van der Waals surface area contributed by atoms with E-state index in [1.807, 2.05) is 132 Å². The van der Waals surface area contributed by atoms with Gasteiger partial charge in [0.1, 0.15) is 41.1 Å². The molecule has 0 saturated heterocycles. The summed E-state index contributed by atoms with van der Waals surface area (Å²) in [7, 11) is 0. The fourth-order valence-corrected chi connectivity index (χ4v) is 12.6. The van der Waals surface area contributed by atoms with E-state index in [0.717, 1.165) is 50.8 Å². The van der Waals surface area contributed by atoms with Crippen molar-refractivity contribution in [2.24, 2.45) is 0 Å². The van der Waals surface area contributed by atoms with Gasteiger partial charge in [0.25, 0.3) is 17.7 Å². The Bertz CT molecular complexity index is 5000. The number of benzene rings is 3. The zero-order valence-electron chi connectivity index (χ0n) is 57.4. The largest absolute Gasteiger partial charge is 1.00 e. The topological polar surface area (TPSA) is 381 Å². The van der Waals surface area contributed by atoms with Gasteiger partial charge in [-0.2, -0.15) is 0 Å². The van der Waals surface area contributed by atoms with Crippen molar-refractivity contribution in [2.75, 3.05) is 34.5 Å². The Morgan fingerprint density at radius 3 is 1.09 bits per heavy atom. The number of tetrazole rings is 3. The van der Waals surface area contributed by atoms with Gasteiger partial charge >= 0.3 is 24.8 Å². The number of aliphatic hydroxyl groups is 2. The number of carbonyl (C=O) groups is 4. The molecule has 6 aliphatic rings. The fourth-order valence-electron chi connectivity index (χ4n) is 12.6. The van der Waals surface area contributed by atoms with Crippen LogP contribution in [0.5, 0.6) is 0 Å². The molecule has 104 heavy (non-hydrogen) atoms. The Hall–Kier alpha value is -11.7. The van der Waals surface area contributed by atoms with Crippen molar-refractivity contribution < 1.29 is 58.5 Å². The molecule has 522 valence electrons. The van der Waals surface area contributed by atoms with E-state index >= 15 is 0 Å². The molecule has 0 radical (unpaired) electrons. The summed E-state index contributed by atoms with van der Waals surface area (Å²) in [5.74, 6) is 3.94. The molecule has 3 aliphatic carbocycles. The summed E-state index contributed by atoms with van der Waals surface area (Å²) in [6.07, 6.45) is 18.8. The van der Waals surface area contributed by atoms with Crippen molar-refractivity contribution in [3.8, 4) is 51.6 Å². The van der Waals surface area contributed by atoms with Crippen LogP contribution in [0, 0.1) is 0 Å². The van der Waals surface area contributed by atoms with Gasteiger partial charge in [0.2, 0.25) is 17.5 Å². The first-order valence-electron chi connectivity index (χ1n) is 33.8. The van der Waals surface area contributed by atoms with Crippen molar-refractivity contribution in [2.45, 2.75) is 122 Å².